The van der Waals surface area contributed by atoms with E-state index in [4.69, 9.17) is 4.74 Å². The summed E-state index contributed by atoms with van der Waals surface area (Å²) in [6.45, 7) is 2.56. The molecule has 2 amide bonds. The molecule has 168 valence electrons. The van der Waals surface area contributed by atoms with Gasteiger partial charge in [-0.3, -0.25) is 9.59 Å². The van der Waals surface area contributed by atoms with E-state index in [1.54, 1.807) is 17.1 Å². The number of amides is 2. The molecule has 9 nitrogen and oxygen atoms in total. The van der Waals surface area contributed by atoms with Crippen molar-refractivity contribution in [3.63, 3.8) is 0 Å². The number of ether oxygens (including phenoxy) is 1. The lowest BCUT2D eigenvalue weighted by Crippen LogP contribution is -2.52. The Balaban J connectivity index is 1.35. The van der Waals surface area contributed by atoms with Crippen LogP contribution in [0.25, 0.3) is 11.0 Å². The van der Waals surface area contributed by atoms with Crippen LogP contribution in [0.15, 0.2) is 28.9 Å². The fourth-order valence-electron chi connectivity index (χ4n) is 4.39. The molecular formula is C21H29N5O4S. The van der Waals surface area contributed by atoms with E-state index in [-0.39, 0.29) is 24.4 Å². The quantitative estimate of drug-likeness (QED) is 0.750. The second kappa shape index (κ2) is 9.04. The van der Waals surface area contributed by atoms with E-state index >= 15 is 0 Å². The van der Waals surface area contributed by atoms with Gasteiger partial charge < -0.3 is 10.1 Å². The minimum absolute atomic E-state index is 0.0103. The zero-order valence-electron chi connectivity index (χ0n) is 17.8. The average molecular weight is 448 g/mol. The van der Waals surface area contributed by atoms with Gasteiger partial charge in [-0.05, 0) is 44.2 Å². The highest BCUT2D eigenvalue weighted by Gasteiger charge is 2.42. The summed E-state index contributed by atoms with van der Waals surface area (Å²) < 4.78 is 24.6. The average Bonchev–Trinajstić information content (AvgIpc) is 3.14. The van der Waals surface area contributed by atoms with Gasteiger partial charge >= 0.3 is 0 Å². The number of pyridine rings is 1. The van der Waals surface area contributed by atoms with Gasteiger partial charge in [-0.15, -0.1) is 0 Å². The predicted octanol–water partition coefficient (Wildman–Crippen LogP) is 2.05. The molecule has 2 aromatic rings. The lowest BCUT2D eigenvalue weighted by atomic mass is 9.85. The summed E-state index contributed by atoms with van der Waals surface area (Å²) in [7, 11) is -2.49. The van der Waals surface area contributed by atoms with E-state index in [1.807, 2.05) is 19.1 Å². The molecule has 2 aromatic heterocycles. The Kier molecular flexibility index (Phi) is 6.38. The van der Waals surface area contributed by atoms with Crippen molar-refractivity contribution in [2.45, 2.75) is 63.6 Å². The molecule has 1 atom stereocenters. The molecule has 2 aliphatic rings. The summed E-state index contributed by atoms with van der Waals surface area (Å²) >= 11 is 0. The third-order valence-electron chi connectivity index (χ3n) is 6.03. The van der Waals surface area contributed by atoms with Crippen LogP contribution in [0.4, 0.5) is 0 Å². The van der Waals surface area contributed by atoms with E-state index in [9.17, 15) is 13.8 Å². The fraction of sp³-hybridized carbons (Fsp3) is 0.619. The molecule has 2 saturated heterocycles. The van der Waals surface area contributed by atoms with Crippen LogP contribution in [-0.2, 0) is 30.6 Å². The molecule has 31 heavy (non-hydrogen) atoms. The molecule has 1 N–H and O–H groups in total. The van der Waals surface area contributed by atoms with Gasteiger partial charge in [0.2, 0.25) is 5.91 Å². The molecule has 0 bridgehead atoms. The first-order valence-corrected chi connectivity index (χ1v) is 12.7. The van der Waals surface area contributed by atoms with Gasteiger partial charge in [0.1, 0.15) is 6.54 Å². The van der Waals surface area contributed by atoms with Crippen molar-refractivity contribution in [2.24, 2.45) is 4.36 Å². The molecule has 0 aliphatic carbocycles. The van der Waals surface area contributed by atoms with Gasteiger partial charge in [-0.1, -0.05) is 6.92 Å². The highest BCUT2D eigenvalue weighted by Crippen LogP contribution is 2.36. The number of rotatable bonds is 5. The number of nitrogens with one attached hydrogen (secondary N) is 1. The van der Waals surface area contributed by atoms with Crippen molar-refractivity contribution in [3.05, 3.63) is 24.5 Å². The topological polar surface area (TPSA) is 116 Å². The van der Waals surface area contributed by atoms with E-state index < -0.39 is 15.3 Å². The summed E-state index contributed by atoms with van der Waals surface area (Å²) in [5, 5.41) is 8.27. The zero-order chi connectivity index (χ0) is 21.9. The third-order valence-corrected chi connectivity index (χ3v) is 8.25. The molecule has 0 saturated carbocycles. The Bertz CT molecular complexity index is 1070. The third kappa shape index (κ3) is 5.12. The van der Waals surface area contributed by atoms with E-state index in [0.717, 1.165) is 11.8 Å². The Morgan fingerprint density at radius 3 is 2.97 bits per heavy atom. The number of carbonyl (C=O) groups is 2. The second-order valence-electron chi connectivity index (χ2n) is 8.42. The Hall–Kier alpha value is -2.33. The molecule has 4 heterocycles. The molecule has 0 radical (unpaired) electrons. The van der Waals surface area contributed by atoms with E-state index in [2.05, 4.69) is 19.8 Å². The van der Waals surface area contributed by atoms with E-state index in [1.165, 1.54) is 0 Å². The van der Waals surface area contributed by atoms with Crippen molar-refractivity contribution in [3.8, 4) is 0 Å². The van der Waals surface area contributed by atoms with Crippen LogP contribution in [0.2, 0.25) is 0 Å². The van der Waals surface area contributed by atoms with Crippen molar-refractivity contribution in [2.75, 3.05) is 18.1 Å². The Morgan fingerprint density at radius 2 is 2.19 bits per heavy atom. The van der Waals surface area contributed by atoms with Gasteiger partial charge in [-0.25, -0.2) is 13.9 Å². The first-order valence-electron chi connectivity index (χ1n) is 10.9. The lowest BCUT2D eigenvalue weighted by molar-refractivity contribution is -0.127. The number of hydrogen-bond acceptors (Lipinski definition) is 6. The monoisotopic (exact) mass is 447 g/mol. The summed E-state index contributed by atoms with van der Waals surface area (Å²) in [5.41, 5.74) is 0.282. The summed E-state index contributed by atoms with van der Waals surface area (Å²) in [6, 6.07) is 3.74. The molecule has 4 rings (SSSR count). The number of aromatic nitrogens is 3. The van der Waals surface area contributed by atoms with Crippen LogP contribution < -0.4 is 5.32 Å². The van der Waals surface area contributed by atoms with Gasteiger partial charge in [-0.2, -0.15) is 9.46 Å². The van der Waals surface area contributed by atoms with Gasteiger partial charge in [0, 0.05) is 42.2 Å². The Labute approximate surface area is 182 Å². The molecule has 1 spiro atoms. The number of hydrogen-bond donors (Lipinski definition) is 1. The van der Waals surface area contributed by atoms with Gasteiger partial charge in [0.05, 0.1) is 21.5 Å². The van der Waals surface area contributed by atoms with E-state index in [0.29, 0.717) is 55.9 Å². The SMILES string of the molecule is CCCC(=O)N=S1(=O)CCC2(CC1)CC(NC(=O)Cn1ncc3cccnc31)CCO2. The highest BCUT2D eigenvalue weighted by atomic mass is 32.2. The summed E-state index contributed by atoms with van der Waals surface area (Å²) in [4.78, 5) is 28.8. The number of carbonyl (C=O) groups excluding carboxylic acids is 2. The molecule has 0 aromatic carbocycles. The van der Waals surface area contributed by atoms with Crippen molar-refractivity contribution in [1.29, 1.82) is 0 Å². The predicted molar refractivity (Wildman–Crippen MR) is 117 cm³/mol. The maximum Gasteiger partial charge on any atom is 0.253 e. The smallest absolute Gasteiger partial charge is 0.253 e. The van der Waals surface area contributed by atoms with Crippen LogP contribution in [0, 0.1) is 0 Å². The fourth-order valence-corrected chi connectivity index (χ4v) is 6.62. The second-order valence-corrected chi connectivity index (χ2v) is 11.0. The zero-order valence-corrected chi connectivity index (χ0v) is 18.6. The number of fused-ring (bicyclic) bond motifs is 1. The molecule has 2 fully saturated rings. The summed E-state index contributed by atoms with van der Waals surface area (Å²) in [6.07, 6.45) is 7.03. The van der Waals surface area contributed by atoms with Crippen LogP contribution in [0.5, 0.6) is 0 Å². The van der Waals surface area contributed by atoms with Crippen LogP contribution in [0.1, 0.15) is 45.4 Å². The van der Waals surface area contributed by atoms with Crippen LogP contribution >= 0.6 is 0 Å². The maximum absolute atomic E-state index is 12.9. The number of nitrogens with zero attached hydrogens (tertiary/aromatic N) is 4. The van der Waals surface area contributed by atoms with Crippen molar-refractivity contribution >= 4 is 32.6 Å². The largest absolute Gasteiger partial charge is 0.375 e. The highest BCUT2D eigenvalue weighted by molar-refractivity contribution is 7.93. The van der Waals surface area contributed by atoms with Crippen molar-refractivity contribution < 1.29 is 18.5 Å². The van der Waals surface area contributed by atoms with Crippen LogP contribution in [-0.4, -0.2) is 60.5 Å². The first kappa shape index (κ1) is 21.9. The minimum atomic E-state index is -2.49. The van der Waals surface area contributed by atoms with Gasteiger partial charge in [0.15, 0.2) is 5.65 Å². The van der Waals surface area contributed by atoms with Crippen molar-refractivity contribution in [1.82, 2.24) is 20.1 Å². The standard InChI is InChI=1S/C21H29N5O4S/c1-2-4-18(27)25-31(29)11-7-21(8-12-31)13-17(6-10-30-21)24-19(28)15-26-20-16(14-23-26)5-3-9-22-20/h3,5,9,14,17H,2,4,6-8,10-13,15H2,1H3,(H,24,28). The lowest BCUT2D eigenvalue weighted by Gasteiger charge is -2.44. The van der Waals surface area contributed by atoms with Gasteiger partial charge in [0.25, 0.3) is 5.91 Å². The van der Waals surface area contributed by atoms with Crippen LogP contribution in [0.3, 0.4) is 0 Å². The molecular weight excluding hydrogens is 418 g/mol. The summed E-state index contributed by atoms with van der Waals surface area (Å²) in [5.74, 6) is 0.360. The molecule has 1 unspecified atom stereocenters. The Morgan fingerprint density at radius 1 is 1.39 bits per heavy atom. The molecule has 10 heteroatoms. The minimum Gasteiger partial charge on any atom is -0.375 e. The molecule has 2 aliphatic heterocycles. The normalized spacial score (nSPS) is 28.5. The maximum atomic E-state index is 12.9. The first-order chi connectivity index (χ1) is 14.9.